The second-order valence-electron chi connectivity index (χ2n) is 3.28. The predicted molar refractivity (Wildman–Crippen MR) is 55.4 cm³/mol. The lowest BCUT2D eigenvalue weighted by Crippen LogP contribution is -2.29. The van der Waals surface area contributed by atoms with Gasteiger partial charge in [0, 0.05) is 6.54 Å². The van der Waals surface area contributed by atoms with Crippen molar-refractivity contribution in [2.75, 3.05) is 0 Å². The average Bonchev–Trinajstić information content (AvgIpc) is 2.63. The number of hydrogen-bond acceptors (Lipinski definition) is 5. The smallest absolute Gasteiger partial charge is 0.321 e. The van der Waals surface area contributed by atoms with E-state index >= 15 is 0 Å². The van der Waals surface area contributed by atoms with Crippen LogP contribution < -0.4 is 0 Å². The summed E-state index contributed by atoms with van der Waals surface area (Å²) in [6.07, 6.45) is 1.25. The molecule has 0 amide bonds. The Hall–Kier alpha value is -1.44. The first-order valence-corrected chi connectivity index (χ1v) is 6.41. The highest BCUT2D eigenvalue weighted by atomic mass is 32.2. The minimum absolute atomic E-state index is 0.260. The summed E-state index contributed by atoms with van der Waals surface area (Å²) in [6.45, 7) is 3.43. The van der Waals surface area contributed by atoms with E-state index in [0.717, 1.165) is 6.92 Å². The molecule has 1 heterocycles. The third-order valence-corrected chi connectivity index (χ3v) is 4.15. The first-order chi connectivity index (χ1) is 7.38. The van der Waals surface area contributed by atoms with Crippen molar-refractivity contribution < 1.29 is 18.3 Å². The molecule has 1 N–H and O–H groups in total. The fourth-order valence-electron chi connectivity index (χ4n) is 1.12. The fourth-order valence-corrected chi connectivity index (χ4v) is 2.26. The molecule has 0 aliphatic carbocycles. The van der Waals surface area contributed by atoms with Gasteiger partial charge in [-0.2, -0.15) is 5.10 Å². The molecule has 0 radical (unpaired) electrons. The van der Waals surface area contributed by atoms with Gasteiger partial charge in [-0.3, -0.25) is 4.79 Å². The topological polar surface area (TPSA) is 102 Å². The van der Waals surface area contributed by atoms with E-state index < -0.39 is 26.8 Å². The van der Waals surface area contributed by atoms with Crippen LogP contribution in [0.3, 0.4) is 0 Å². The maximum absolute atomic E-state index is 11.6. The molecule has 90 valence electrons. The lowest BCUT2D eigenvalue weighted by atomic mass is 10.5. The van der Waals surface area contributed by atoms with E-state index in [1.807, 2.05) is 0 Å². The molecule has 0 saturated heterocycles. The summed E-state index contributed by atoms with van der Waals surface area (Å²) in [6, 6.07) is 0. The van der Waals surface area contributed by atoms with Gasteiger partial charge in [-0.25, -0.2) is 18.1 Å². The molecular weight excluding hydrogens is 234 g/mol. The monoisotopic (exact) mass is 247 g/mol. The Balaban J connectivity index is 2.93. The van der Waals surface area contributed by atoms with E-state index in [1.54, 1.807) is 6.92 Å². The number of carbonyl (C=O) groups is 1. The number of sulfone groups is 1. The Morgan fingerprint density at radius 3 is 2.75 bits per heavy atom. The molecular formula is C8H13N3O4S. The van der Waals surface area contributed by atoms with E-state index in [-0.39, 0.29) is 5.82 Å². The van der Waals surface area contributed by atoms with E-state index in [1.165, 1.54) is 11.0 Å². The summed E-state index contributed by atoms with van der Waals surface area (Å²) in [5, 5.41) is 11.0. The van der Waals surface area contributed by atoms with Crippen LogP contribution in [0.5, 0.6) is 0 Å². The maximum atomic E-state index is 11.6. The predicted octanol–water partition coefficient (Wildman–Crippen LogP) is -0.314. The summed E-state index contributed by atoms with van der Waals surface area (Å²) in [5.74, 6) is -1.51. The normalized spacial score (nSPS) is 13.6. The van der Waals surface area contributed by atoms with Crippen LogP contribution in [-0.2, 0) is 26.9 Å². The molecule has 0 spiro atoms. The van der Waals surface area contributed by atoms with Gasteiger partial charge in [0.15, 0.2) is 15.1 Å². The standard InChI is InChI=1S/C8H13N3O4S/c1-3-11-7(9-5-10-11)4-16(14,15)6(2)8(12)13/h5-6H,3-4H2,1-2H3,(H,12,13). The summed E-state index contributed by atoms with van der Waals surface area (Å²) in [7, 11) is -3.74. The third kappa shape index (κ3) is 2.57. The second-order valence-corrected chi connectivity index (χ2v) is 5.60. The van der Waals surface area contributed by atoms with Crippen LogP contribution in [0.2, 0.25) is 0 Å². The van der Waals surface area contributed by atoms with Gasteiger partial charge in [-0.15, -0.1) is 0 Å². The Morgan fingerprint density at radius 1 is 1.62 bits per heavy atom. The zero-order valence-electron chi connectivity index (χ0n) is 8.99. The number of carboxylic acid groups (broad SMARTS) is 1. The number of aromatic nitrogens is 3. The largest absolute Gasteiger partial charge is 0.480 e. The Bertz CT molecular complexity index is 479. The van der Waals surface area contributed by atoms with Gasteiger partial charge in [-0.05, 0) is 13.8 Å². The van der Waals surface area contributed by atoms with Crippen LogP contribution in [-0.4, -0.2) is 39.5 Å². The average molecular weight is 247 g/mol. The molecule has 0 saturated carbocycles. The third-order valence-electron chi connectivity index (χ3n) is 2.21. The minimum atomic E-state index is -3.74. The Morgan fingerprint density at radius 2 is 2.25 bits per heavy atom. The van der Waals surface area contributed by atoms with Gasteiger partial charge in [0.05, 0.1) is 0 Å². The SMILES string of the molecule is CCn1ncnc1CS(=O)(=O)C(C)C(=O)O. The molecule has 7 nitrogen and oxygen atoms in total. The molecule has 8 heteroatoms. The maximum Gasteiger partial charge on any atom is 0.321 e. The van der Waals surface area contributed by atoms with Gasteiger partial charge >= 0.3 is 5.97 Å². The number of hydrogen-bond donors (Lipinski definition) is 1. The molecule has 0 aliphatic rings. The fraction of sp³-hybridized carbons (Fsp3) is 0.625. The van der Waals surface area contributed by atoms with Crippen molar-refractivity contribution in [2.24, 2.45) is 0 Å². The number of rotatable bonds is 5. The van der Waals surface area contributed by atoms with Crippen molar-refractivity contribution in [3.05, 3.63) is 12.2 Å². The van der Waals surface area contributed by atoms with E-state index in [0.29, 0.717) is 6.54 Å². The Kier molecular flexibility index (Phi) is 3.63. The van der Waals surface area contributed by atoms with Crippen LogP contribution >= 0.6 is 0 Å². The van der Waals surface area contributed by atoms with Gasteiger partial charge in [-0.1, -0.05) is 0 Å². The molecule has 1 unspecified atom stereocenters. The van der Waals surface area contributed by atoms with Crippen molar-refractivity contribution in [1.29, 1.82) is 0 Å². The van der Waals surface area contributed by atoms with Crippen LogP contribution in [0.25, 0.3) is 0 Å². The minimum Gasteiger partial charge on any atom is -0.480 e. The zero-order valence-corrected chi connectivity index (χ0v) is 9.81. The van der Waals surface area contributed by atoms with Crippen molar-refractivity contribution >= 4 is 15.8 Å². The molecule has 0 bridgehead atoms. The van der Waals surface area contributed by atoms with Crippen molar-refractivity contribution in [3.63, 3.8) is 0 Å². The van der Waals surface area contributed by atoms with E-state index in [9.17, 15) is 13.2 Å². The van der Waals surface area contributed by atoms with E-state index in [4.69, 9.17) is 5.11 Å². The summed E-state index contributed by atoms with van der Waals surface area (Å²) >= 11 is 0. The van der Waals surface area contributed by atoms with E-state index in [2.05, 4.69) is 10.1 Å². The number of carboxylic acids is 1. The molecule has 0 aliphatic heterocycles. The summed E-state index contributed by atoms with van der Waals surface area (Å²) in [4.78, 5) is 14.4. The molecule has 1 atom stereocenters. The van der Waals surface area contributed by atoms with Crippen LogP contribution in [0.1, 0.15) is 19.7 Å². The highest BCUT2D eigenvalue weighted by Crippen LogP contribution is 2.09. The Labute approximate surface area is 93.0 Å². The highest BCUT2D eigenvalue weighted by Gasteiger charge is 2.29. The first-order valence-electron chi connectivity index (χ1n) is 4.69. The molecule has 1 aromatic heterocycles. The molecule has 16 heavy (non-hydrogen) atoms. The lowest BCUT2D eigenvalue weighted by Gasteiger charge is -2.08. The molecule has 1 aromatic rings. The van der Waals surface area contributed by atoms with Crippen LogP contribution in [0.15, 0.2) is 6.33 Å². The van der Waals surface area contributed by atoms with Crippen molar-refractivity contribution in [1.82, 2.24) is 14.8 Å². The zero-order chi connectivity index (χ0) is 12.3. The van der Waals surface area contributed by atoms with Gasteiger partial charge in [0.25, 0.3) is 0 Å². The quantitative estimate of drug-likeness (QED) is 0.765. The van der Waals surface area contributed by atoms with Crippen LogP contribution in [0.4, 0.5) is 0 Å². The molecule has 0 aromatic carbocycles. The molecule has 1 rings (SSSR count). The van der Waals surface area contributed by atoms with Crippen molar-refractivity contribution in [2.45, 2.75) is 31.4 Å². The van der Waals surface area contributed by atoms with Crippen LogP contribution in [0, 0.1) is 0 Å². The number of nitrogens with zero attached hydrogens (tertiary/aromatic N) is 3. The van der Waals surface area contributed by atoms with Gasteiger partial charge in [0.1, 0.15) is 17.9 Å². The highest BCUT2D eigenvalue weighted by molar-refractivity contribution is 7.91. The number of aryl methyl sites for hydroxylation is 1. The van der Waals surface area contributed by atoms with Gasteiger partial charge in [0.2, 0.25) is 0 Å². The summed E-state index contributed by atoms with van der Waals surface area (Å²) < 4.78 is 24.7. The van der Waals surface area contributed by atoms with Gasteiger partial charge < -0.3 is 5.11 Å². The second kappa shape index (κ2) is 4.60. The number of aliphatic carboxylic acids is 1. The molecule has 0 fully saturated rings. The lowest BCUT2D eigenvalue weighted by molar-refractivity contribution is -0.136. The first kappa shape index (κ1) is 12.6. The summed E-state index contributed by atoms with van der Waals surface area (Å²) in [5.41, 5.74) is 0. The van der Waals surface area contributed by atoms with Crippen molar-refractivity contribution in [3.8, 4) is 0 Å².